The van der Waals surface area contributed by atoms with Crippen molar-refractivity contribution in [2.24, 2.45) is 0 Å². The van der Waals surface area contributed by atoms with E-state index in [1.165, 1.54) is 5.56 Å². The Balaban J connectivity index is 1.88. The van der Waals surface area contributed by atoms with E-state index < -0.39 is 32.4 Å². The van der Waals surface area contributed by atoms with Crippen LogP contribution in [0.2, 0.25) is 0 Å². The van der Waals surface area contributed by atoms with Crippen LogP contribution in [0.15, 0.2) is 41.3 Å². The summed E-state index contributed by atoms with van der Waals surface area (Å²) in [5.41, 5.74) is 2.28. The molecule has 0 aliphatic heterocycles. The van der Waals surface area contributed by atoms with Gasteiger partial charge in [-0.05, 0) is 35.4 Å². The third kappa shape index (κ3) is 10.1. The number of aryl methyl sites for hydroxylation is 1. The second kappa shape index (κ2) is 14.6. The SMILES string of the molecule is COCCOCCOCCOc1c(F)cc(F)cc1S(=O)(=O)OCCCc1ccc(C(C)(C)C)cc1. The quantitative estimate of drug-likeness (QED) is 0.231. The van der Waals surface area contributed by atoms with E-state index in [4.69, 9.17) is 23.1 Å². The van der Waals surface area contributed by atoms with E-state index in [9.17, 15) is 17.2 Å². The Labute approximate surface area is 212 Å². The van der Waals surface area contributed by atoms with Gasteiger partial charge in [0, 0.05) is 13.2 Å². The van der Waals surface area contributed by atoms with Gasteiger partial charge in [-0.1, -0.05) is 45.0 Å². The lowest BCUT2D eigenvalue weighted by Crippen LogP contribution is -2.15. The van der Waals surface area contributed by atoms with Crippen LogP contribution in [0.25, 0.3) is 0 Å². The van der Waals surface area contributed by atoms with Gasteiger partial charge in [0.05, 0.1) is 39.6 Å². The highest BCUT2D eigenvalue weighted by atomic mass is 32.2. The van der Waals surface area contributed by atoms with Crippen LogP contribution in [0.5, 0.6) is 5.75 Å². The third-order valence-electron chi connectivity index (χ3n) is 5.19. The fraction of sp³-hybridized carbons (Fsp3) is 0.538. The van der Waals surface area contributed by atoms with Crippen molar-refractivity contribution in [1.82, 2.24) is 0 Å². The van der Waals surface area contributed by atoms with Crippen molar-refractivity contribution in [2.45, 2.75) is 43.9 Å². The van der Waals surface area contributed by atoms with Crippen molar-refractivity contribution in [3.63, 3.8) is 0 Å². The van der Waals surface area contributed by atoms with Crippen LogP contribution in [0.4, 0.5) is 8.78 Å². The molecule has 0 heterocycles. The first kappa shape index (κ1) is 30.1. The van der Waals surface area contributed by atoms with Crippen LogP contribution in [-0.2, 0) is 40.3 Å². The van der Waals surface area contributed by atoms with Crippen molar-refractivity contribution in [2.75, 3.05) is 53.4 Å². The second-order valence-corrected chi connectivity index (χ2v) is 10.7. The van der Waals surface area contributed by atoms with Gasteiger partial charge in [-0.3, -0.25) is 4.18 Å². The number of hydrogen-bond acceptors (Lipinski definition) is 7. The Morgan fingerprint density at radius 2 is 1.44 bits per heavy atom. The Morgan fingerprint density at radius 1 is 0.833 bits per heavy atom. The summed E-state index contributed by atoms with van der Waals surface area (Å²) >= 11 is 0. The van der Waals surface area contributed by atoms with E-state index in [1.807, 2.05) is 24.3 Å². The molecule has 0 saturated heterocycles. The largest absolute Gasteiger partial charge is 0.487 e. The first-order chi connectivity index (χ1) is 17.0. The van der Waals surface area contributed by atoms with E-state index in [0.717, 1.165) is 5.56 Å². The summed E-state index contributed by atoms with van der Waals surface area (Å²) in [5, 5.41) is 0. The highest BCUT2D eigenvalue weighted by Gasteiger charge is 2.25. The van der Waals surface area contributed by atoms with Gasteiger partial charge in [0.15, 0.2) is 11.6 Å². The zero-order valence-electron chi connectivity index (χ0n) is 21.3. The van der Waals surface area contributed by atoms with Gasteiger partial charge < -0.3 is 18.9 Å². The average molecular weight is 531 g/mol. The van der Waals surface area contributed by atoms with Crippen LogP contribution in [-0.4, -0.2) is 61.8 Å². The van der Waals surface area contributed by atoms with Crippen LogP contribution >= 0.6 is 0 Å². The Hall–Kier alpha value is -2.11. The smallest absolute Gasteiger partial charge is 0.300 e. The normalized spacial score (nSPS) is 12.2. The lowest BCUT2D eigenvalue weighted by molar-refractivity contribution is 0.0174. The lowest BCUT2D eigenvalue weighted by Gasteiger charge is -2.19. The average Bonchev–Trinajstić information content (AvgIpc) is 2.81. The number of hydrogen-bond donors (Lipinski definition) is 0. The van der Waals surface area contributed by atoms with Crippen LogP contribution < -0.4 is 4.74 Å². The molecular formula is C26H36F2O7S. The molecule has 2 aromatic rings. The molecule has 0 amide bonds. The fourth-order valence-electron chi connectivity index (χ4n) is 3.21. The van der Waals surface area contributed by atoms with Crippen molar-refractivity contribution in [3.05, 3.63) is 59.2 Å². The molecule has 0 fully saturated rings. The first-order valence-electron chi connectivity index (χ1n) is 11.8. The molecular weight excluding hydrogens is 494 g/mol. The van der Waals surface area contributed by atoms with E-state index in [2.05, 4.69) is 20.8 Å². The van der Waals surface area contributed by atoms with Gasteiger partial charge in [-0.2, -0.15) is 8.42 Å². The summed E-state index contributed by atoms with van der Waals surface area (Å²) in [6.45, 7) is 7.65. The molecule has 0 atom stereocenters. The number of rotatable bonds is 16. The minimum atomic E-state index is -4.45. The highest BCUT2D eigenvalue weighted by molar-refractivity contribution is 7.86. The zero-order chi connectivity index (χ0) is 26.6. The Kier molecular flexibility index (Phi) is 12.2. The monoisotopic (exact) mass is 530 g/mol. The summed E-state index contributed by atoms with van der Waals surface area (Å²) in [6, 6.07) is 9.33. The minimum absolute atomic E-state index is 0.0420. The fourth-order valence-corrected chi connectivity index (χ4v) is 4.31. The molecule has 0 unspecified atom stereocenters. The molecule has 0 radical (unpaired) electrons. The summed E-state index contributed by atoms with van der Waals surface area (Å²) in [4.78, 5) is -0.697. The maximum atomic E-state index is 14.4. The standard InChI is InChI=1S/C26H36F2O7S/c1-26(2,3)21-9-7-20(8-10-21)6-5-11-35-36(29,30)24-19-22(27)18-23(28)25(24)34-17-16-33-15-14-32-13-12-31-4/h7-10,18-19H,5-6,11-17H2,1-4H3. The Bertz CT molecular complexity index is 1040. The van der Waals surface area contributed by atoms with Crippen LogP contribution in [0.3, 0.4) is 0 Å². The number of methoxy groups -OCH3 is 1. The van der Waals surface area contributed by atoms with Gasteiger partial charge in [-0.15, -0.1) is 0 Å². The van der Waals surface area contributed by atoms with Crippen molar-refractivity contribution < 1.29 is 40.3 Å². The zero-order valence-corrected chi connectivity index (χ0v) is 22.2. The number of benzene rings is 2. The predicted octanol–water partition coefficient (Wildman–Crippen LogP) is 4.66. The summed E-state index contributed by atoms with van der Waals surface area (Å²) in [7, 11) is -2.89. The van der Waals surface area contributed by atoms with Gasteiger partial charge in [0.25, 0.3) is 0 Å². The molecule has 2 aromatic carbocycles. The molecule has 10 heteroatoms. The van der Waals surface area contributed by atoms with E-state index in [-0.39, 0.29) is 31.8 Å². The van der Waals surface area contributed by atoms with E-state index >= 15 is 0 Å². The van der Waals surface area contributed by atoms with E-state index in [0.29, 0.717) is 44.8 Å². The summed E-state index contributed by atoms with van der Waals surface area (Å²) in [6.07, 6.45) is 0.996. The van der Waals surface area contributed by atoms with Crippen LogP contribution in [0, 0.1) is 11.6 Å². The molecule has 0 aliphatic rings. The third-order valence-corrected chi connectivity index (χ3v) is 6.51. The maximum Gasteiger partial charge on any atom is 0.300 e. The number of ether oxygens (including phenoxy) is 4. The highest BCUT2D eigenvalue weighted by Crippen LogP contribution is 2.30. The molecule has 0 N–H and O–H groups in total. The lowest BCUT2D eigenvalue weighted by atomic mass is 9.86. The maximum absolute atomic E-state index is 14.4. The molecule has 2 rings (SSSR count). The summed E-state index contributed by atoms with van der Waals surface area (Å²) in [5.74, 6) is -2.79. The van der Waals surface area contributed by atoms with Crippen molar-refractivity contribution >= 4 is 10.1 Å². The molecule has 7 nitrogen and oxygen atoms in total. The molecule has 36 heavy (non-hydrogen) atoms. The van der Waals surface area contributed by atoms with Gasteiger partial charge in [0.2, 0.25) is 0 Å². The molecule has 0 bridgehead atoms. The molecule has 0 spiro atoms. The van der Waals surface area contributed by atoms with Gasteiger partial charge in [0.1, 0.15) is 17.3 Å². The molecule has 0 aliphatic carbocycles. The van der Waals surface area contributed by atoms with Gasteiger partial charge in [-0.25, -0.2) is 8.78 Å². The number of halogens is 2. The summed E-state index contributed by atoms with van der Waals surface area (Å²) < 4.78 is 79.3. The molecule has 0 aromatic heterocycles. The van der Waals surface area contributed by atoms with Gasteiger partial charge >= 0.3 is 10.1 Å². The predicted molar refractivity (Wildman–Crippen MR) is 132 cm³/mol. The van der Waals surface area contributed by atoms with E-state index in [1.54, 1.807) is 7.11 Å². The van der Waals surface area contributed by atoms with Crippen LogP contribution in [0.1, 0.15) is 38.3 Å². The first-order valence-corrected chi connectivity index (χ1v) is 13.2. The minimum Gasteiger partial charge on any atom is -0.487 e. The van der Waals surface area contributed by atoms with Crippen molar-refractivity contribution in [3.8, 4) is 5.75 Å². The second-order valence-electron chi connectivity index (χ2n) is 9.11. The molecule has 0 saturated carbocycles. The Morgan fingerprint density at radius 3 is 2.06 bits per heavy atom. The molecule has 202 valence electrons. The topological polar surface area (TPSA) is 80.3 Å². The van der Waals surface area contributed by atoms with Crippen molar-refractivity contribution in [1.29, 1.82) is 0 Å².